The molecule has 50 heavy (non-hydrogen) atoms. The first-order chi connectivity index (χ1) is 23.9. The van der Waals surface area contributed by atoms with Crippen LogP contribution in [0.4, 0.5) is 5.69 Å². The number of nitrogens with one attached hydrogen (secondary N) is 1. The molecule has 2 rings (SSSR count). The molecule has 0 aliphatic carbocycles. The molecule has 0 saturated carbocycles. The van der Waals surface area contributed by atoms with E-state index in [9.17, 15) is 9.59 Å². The quantitative estimate of drug-likeness (QED) is 0.0876. The van der Waals surface area contributed by atoms with E-state index in [1.165, 1.54) is 11.1 Å². The molecule has 1 aliphatic rings. The number of hydrogen-bond acceptors (Lipinski definition) is 6. The van der Waals surface area contributed by atoms with E-state index in [1.54, 1.807) is 19.0 Å². The highest BCUT2D eigenvalue weighted by Crippen LogP contribution is 2.34. The molecule has 284 valence electrons. The number of hydrogen-bond donors (Lipinski definition) is 2. The van der Waals surface area contributed by atoms with Crippen LogP contribution in [0.5, 0.6) is 0 Å². The zero-order valence-corrected chi connectivity index (χ0v) is 35.0. The first-order valence-electron chi connectivity index (χ1n) is 18.9. The van der Waals surface area contributed by atoms with Crippen LogP contribution in [0.1, 0.15) is 149 Å². The van der Waals surface area contributed by atoms with Crippen LogP contribution in [0.25, 0.3) is 0 Å². The number of nitrogens with two attached hydrogens (primary N) is 1. The molecule has 7 nitrogen and oxygen atoms in total. The van der Waals surface area contributed by atoms with Crippen molar-refractivity contribution >= 4 is 24.1 Å². The number of aliphatic imine (C=N–C) groups is 1. The smallest absolute Gasteiger partial charge is 0.253 e. The van der Waals surface area contributed by atoms with Gasteiger partial charge < -0.3 is 20.9 Å². The van der Waals surface area contributed by atoms with E-state index in [2.05, 4.69) is 51.0 Å². The average Bonchev–Trinajstić information content (AvgIpc) is 3.59. The number of allylic oxidation sites excluding steroid dienone is 7. The minimum absolute atomic E-state index is 0.00823. The van der Waals surface area contributed by atoms with Gasteiger partial charge in [0.05, 0.1) is 0 Å². The number of nitrogens with zero attached hydrogens (tertiary/aromatic N) is 3. The van der Waals surface area contributed by atoms with Gasteiger partial charge in [0.1, 0.15) is 6.29 Å². The maximum atomic E-state index is 12.1. The molecule has 0 unspecified atom stereocenters. The standard InChI is InChI=1S/C20H29N3O.C17H28N2O.3C2H6/c1-6-16(2)7-8-17(3)21-12-9-18(4)23(5)14-11-20-19(15-24)10-13-22-20;1-6-8-13(9-7-2)16-12(3)10-14(11-15(16)18)17(20)19(4)5;3*1-2/h7-9,11-12,14-15,22H,6,10,13H2,1-5H3;10-11,13H,6-9,18H2,1-5H3;3*1-2H3/b14-11-,16-7+,17-8+,18-9+,21-12+;;;;. The molecule has 7 heteroatoms. The van der Waals surface area contributed by atoms with Gasteiger partial charge >= 0.3 is 0 Å². The van der Waals surface area contributed by atoms with Crippen molar-refractivity contribution in [2.24, 2.45) is 4.99 Å². The molecule has 1 aliphatic heterocycles. The highest BCUT2D eigenvalue weighted by Gasteiger charge is 2.18. The van der Waals surface area contributed by atoms with Crippen molar-refractivity contribution in [3.8, 4) is 0 Å². The monoisotopic (exact) mass is 694 g/mol. The van der Waals surface area contributed by atoms with E-state index in [4.69, 9.17) is 5.73 Å². The maximum Gasteiger partial charge on any atom is 0.253 e. The molecule has 0 fully saturated rings. The fourth-order valence-electron chi connectivity index (χ4n) is 4.87. The summed E-state index contributed by atoms with van der Waals surface area (Å²) in [6.07, 6.45) is 19.2. The number of benzene rings is 1. The summed E-state index contributed by atoms with van der Waals surface area (Å²) >= 11 is 0. The van der Waals surface area contributed by atoms with Crippen molar-refractivity contribution in [2.45, 2.75) is 134 Å². The van der Waals surface area contributed by atoms with Crippen LogP contribution < -0.4 is 11.1 Å². The summed E-state index contributed by atoms with van der Waals surface area (Å²) in [5, 5.41) is 3.21. The molecule has 1 heterocycles. The van der Waals surface area contributed by atoms with Crippen LogP contribution in [0, 0.1) is 6.92 Å². The Hall–Kier alpha value is -3.87. The van der Waals surface area contributed by atoms with Crippen molar-refractivity contribution in [2.75, 3.05) is 33.4 Å². The lowest BCUT2D eigenvalue weighted by molar-refractivity contribution is -0.105. The van der Waals surface area contributed by atoms with Crippen molar-refractivity contribution in [1.29, 1.82) is 0 Å². The Labute approximate surface area is 308 Å². The lowest BCUT2D eigenvalue weighted by Gasteiger charge is -2.22. The second-order valence-corrected chi connectivity index (χ2v) is 11.7. The first kappa shape index (κ1) is 50.5. The van der Waals surface area contributed by atoms with E-state index >= 15 is 0 Å². The number of aryl methyl sites for hydroxylation is 1. The van der Waals surface area contributed by atoms with Gasteiger partial charge in [-0.15, -0.1) is 0 Å². The summed E-state index contributed by atoms with van der Waals surface area (Å²) in [6, 6.07) is 3.81. The van der Waals surface area contributed by atoms with Gasteiger partial charge in [0.2, 0.25) is 0 Å². The second kappa shape index (κ2) is 31.1. The van der Waals surface area contributed by atoms with Gasteiger partial charge in [-0.1, -0.05) is 86.8 Å². The Balaban J connectivity index is -0.000000777. The average molecular weight is 694 g/mol. The van der Waals surface area contributed by atoms with Crippen LogP contribution in [0.2, 0.25) is 0 Å². The van der Waals surface area contributed by atoms with Crippen LogP contribution in [0.3, 0.4) is 0 Å². The fourth-order valence-corrected chi connectivity index (χ4v) is 4.87. The highest BCUT2D eigenvalue weighted by molar-refractivity contribution is 5.95. The predicted molar refractivity (Wildman–Crippen MR) is 223 cm³/mol. The van der Waals surface area contributed by atoms with Crippen LogP contribution in [-0.2, 0) is 4.79 Å². The number of anilines is 1. The predicted octanol–water partition coefficient (Wildman–Crippen LogP) is 11.2. The number of nitrogen functional groups attached to an aromatic ring is 1. The maximum absolute atomic E-state index is 12.1. The Morgan fingerprint density at radius 3 is 2.00 bits per heavy atom. The Morgan fingerprint density at radius 2 is 1.52 bits per heavy atom. The lowest BCUT2D eigenvalue weighted by Crippen LogP contribution is -2.22. The Bertz CT molecular complexity index is 1250. The van der Waals surface area contributed by atoms with Gasteiger partial charge in [-0.05, 0) is 101 Å². The normalized spacial score (nSPS) is 12.9. The van der Waals surface area contributed by atoms with E-state index in [1.807, 2.05) is 110 Å². The molecular weight excluding hydrogens is 619 g/mol. The molecule has 0 radical (unpaired) electrons. The molecule has 1 amide bonds. The summed E-state index contributed by atoms with van der Waals surface area (Å²) in [6.45, 7) is 27.6. The summed E-state index contributed by atoms with van der Waals surface area (Å²) in [5.74, 6) is 0.516. The molecule has 0 atom stereocenters. The summed E-state index contributed by atoms with van der Waals surface area (Å²) in [5.41, 5.74) is 15.2. The number of carbonyl (C=O) groups excluding carboxylic acids is 2. The minimum atomic E-state index is 0.00823. The van der Waals surface area contributed by atoms with Gasteiger partial charge in [0.25, 0.3) is 5.91 Å². The third-order valence-electron chi connectivity index (χ3n) is 7.73. The van der Waals surface area contributed by atoms with Gasteiger partial charge in [-0.3, -0.25) is 14.6 Å². The van der Waals surface area contributed by atoms with E-state index in [0.29, 0.717) is 11.5 Å². The van der Waals surface area contributed by atoms with Crippen molar-refractivity contribution in [3.63, 3.8) is 0 Å². The number of rotatable bonds is 14. The third-order valence-corrected chi connectivity index (χ3v) is 7.73. The number of amides is 1. The number of carbonyl (C=O) groups is 2. The van der Waals surface area contributed by atoms with Gasteiger partial charge in [0.15, 0.2) is 0 Å². The molecule has 1 aromatic carbocycles. The van der Waals surface area contributed by atoms with Crippen LogP contribution in [0.15, 0.2) is 75.9 Å². The van der Waals surface area contributed by atoms with E-state index in [-0.39, 0.29) is 5.91 Å². The third kappa shape index (κ3) is 20.0. The summed E-state index contributed by atoms with van der Waals surface area (Å²) < 4.78 is 0. The van der Waals surface area contributed by atoms with Crippen LogP contribution >= 0.6 is 0 Å². The molecule has 3 N–H and O–H groups in total. The van der Waals surface area contributed by atoms with Gasteiger partial charge in [0, 0.05) is 74.0 Å². The fraction of sp³-hybridized carbons (Fsp3) is 0.558. The van der Waals surface area contributed by atoms with Crippen molar-refractivity contribution < 1.29 is 9.59 Å². The summed E-state index contributed by atoms with van der Waals surface area (Å²) in [7, 11) is 5.50. The van der Waals surface area contributed by atoms with Crippen molar-refractivity contribution in [1.82, 2.24) is 15.1 Å². The zero-order chi connectivity index (χ0) is 39.2. The van der Waals surface area contributed by atoms with Gasteiger partial charge in [-0.2, -0.15) is 0 Å². The highest BCUT2D eigenvalue weighted by atomic mass is 16.2. The van der Waals surface area contributed by atoms with Crippen LogP contribution in [-0.4, -0.2) is 55.9 Å². The van der Waals surface area contributed by atoms with Crippen molar-refractivity contribution in [3.05, 3.63) is 87.6 Å². The molecule has 0 saturated heterocycles. The topological polar surface area (TPSA) is 91.0 Å². The summed E-state index contributed by atoms with van der Waals surface area (Å²) in [4.78, 5) is 31.0. The molecule has 0 aromatic heterocycles. The Morgan fingerprint density at radius 1 is 0.940 bits per heavy atom. The molecule has 1 aromatic rings. The first-order valence-corrected chi connectivity index (χ1v) is 18.9. The largest absolute Gasteiger partial charge is 0.398 e. The minimum Gasteiger partial charge on any atom is -0.398 e. The molecule has 0 bridgehead atoms. The molecule has 0 spiro atoms. The SMILES string of the molecule is CC.CC.CC.CC/C(C)=C/C=C(C)/N=C/C=C(\C)N(C)/C=C\C1=C(C=O)CCN1.CCCC(CCC)c1c(C)cc(C(=O)N(C)C)cc1N. The lowest BCUT2D eigenvalue weighted by atomic mass is 9.85. The number of aldehydes is 1. The van der Waals surface area contributed by atoms with Gasteiger partial charge in [-0.25, -0.2) is 0 Å². The second-order valence-electron chi connectivity index (χ2n) is 11.7. The zero-order valence-electron chi connectivity index (χ0n) is 35.0. The molecular formula is C43H75N5O2. The van der Waals surface area contributed by atoms with E-state index in [0.717, 1.165) is 85.3 Å². The Kier molecular flexibility index (Phi) is 31.5. The van der Waals surface area contributed by atoms with E-state index < -0.39 is 0 Å².